The van der Waals surface area contributed by atoms with Crippen molar-refractivity contribution < 1.29 is 0 Å². The van der Waals surface area contributed by atoms with Crippen molar-refractivity contribution in [2.24, 2.45) is 0 Å². The van der Waals surface area contributed by atoms with Crippen LogP contribution in [0.2, 0.25) is 0 Å². The first-order valence-electron chi connectivity index (χ1n) is 6.54. The lowest BCUT2D eigenvalue weighted by Crippen LogP contribution is -2.34. The maximum absolute atomic E-state index is 2.60. The summed E-state index contributed by atoms with van der Waals surface area (Å²) in [5, 5.41) is 0. The first kappa shape index (κ1) is 14.0. The molecule has 0 fully saturated rings. The molecule has 0 radical (unpaired) electrons. The second kappa shape index (κ2) is 9.51. The van der Waals surface area contributed by atoms with E-state index in [1.165, 1.54) is 51.6 Å². The van der Waals surface area contributed by atoms with Crippen LogP contribution < -0.4 is 0 Å². The van der Waals surface area contributed by atoms with Gasteiger partial charge in [0.25, 0.3) is 0 Å². The van der Waals surface area contributed by atoms with Gasteiger partial charge in [-0.3, -0.25) is 0 Å². The summed E-state index contributed by atoms with van der Waals surface area (Å²) in [4.78, 5) is 2.60. The molecule has 0 amide bonds. The molecule has 0 rings (SSSR count). The Morgan fingerprint density at radius 2 is 1.50 bits per heavy atom. The molecule has 1 atom stereocenters. The Morgan fingerprint density at radius 3 is 1.93 bits per heavy atom. The number of hydrogen-bond donors (Lipinski definition) is 0. The van der Waals surface area contributed by atoms with Gasteiger partial charge in [-0.15, -0.1) is 0 Å². The average Bonchev–Trinajstić information content (AvgIpc) is 2.23. The third-order valence-electron chi connectivity index (χ3n) is 3.19. The lowest BCUT2D eigenvalue weighted by molar-refractivity contribution is 0.197. The Bertz CT molecular complexity index is 108. The monoisotopic (exact) mass is 199 g/mol. The molecule has 0 aromatic carbocycles. The zero-order chi connectivity index (χ0) is 10.8. The molecule has 14 heavy (non-hydrogen) atoms. The van der Waals surface area contributed by atoms with Crippen molar-refractivity contribution in [2.75, 3.05) is 13.1 Å². The zero-order valence-corrected chi connectivity index (χ0v) is 10.7. The second-order valence-electron chi connectivity index (χ2n) is 4.13. The highest BCUT2D eigenvalue weighted by molar-refractivity contribution is 4.68. The highest BCUT2D eigenvalue weighted by Crippen LogP contribution is 2.13. The predicted octanol–water partition coefficient (Wildman–Crippen LogP) is 4.08. The van der Waals surface area contributed by atoms with Gasteiger partial charge < -0.3 is 4.90 Å². The van der Waals surface area contributed by atoms with Crippen LogP contribution >= 0.6 is 0 Å². The summed E-state index contributed by atoms with van der Waals surface area (Å²) in [5.41, 5.74) is 0. The molecule has 86 valence electrons. The summed E-state index contributed by atoms with van der Waals surface area (Å²) >= 11 is 0. The van der Waals surface area contributed by atoms with E-state index >= 15 is 0 Å². The lowest BCUT2D eigenvalue weighted by atomic mass is 10.0. The van der Waals surface area contributed by atoms with Crippen LogP contribution in [0, 0.1) is 0 Å². The normalized spacial score (nSPS) is 13.5. The van der Waals surface area contributed by atoms with Crippen molar-refractivity contribution in [3.63, 3.8) is 0 Å². The van der Waals surface area contributed by atoms with E-state index in [1.807, 2.05) is 0 Å². The van der Waals surface area contributed by atoms with Crippen molar-refractivity contribution in [2.45, 2.75) is 72.3 Å². The second-order valence-corrected chi connectivity index (χ2v) is 4.13. The molecule has 0 saturated carbocycles. The summed E-state index contributed by atoms with van der Waals surface area (Å²) in [6.07, 6.45) is 8.32. The van der Waals surface area contributed by atoms with Crippen LogP contribution in [-0.4, -0.2) is 24.0 Å². The van der Waals surface area contributed by atoms with E-state index in [0.717, 1.165) is 6.04 Å². The van der Waals surface area contributed by atoms with Crippen molar-refractivity contribution in [1.82, 2.24) is 4.90 Å². The molecule has 1 nitrogen and oxygen atoms in total. The van der Waals surface area contributed by atoms with Gasteiger partial charge in [0, 0.05) is 6.04 Å². The molecular formula is C13H29N. The van der Waals surface area contributed by atoms with E-state index in [0.29, 0.717) is 0 Å². The van der Waals surface area contributed by atoms with Crippen molar-refractivity contribution >= 4 is 0 Å². The SMILES string of the molecule is CCCCCCC(CC)N(CC)CC. The Balaban J connectivity index is 3.65. The fraction of sp³-hybridized carbons (Fsp3) is 1.00. The third-order valence-corrected chi connectivity index (χ3v) is 3.19. The van der Waals surface area contributed by atoms with Gasteiger partial charge >= 0.3 is 0 Å². The summed E-state index contributed by atoms with van der Waals surface area (Å²) in [6, 6.07) is 0.835. The standard InChI is InChI=1S/C13H29N/c1-5-9-10-11-12-13(6-2)14(7-3)8-4/h13H,5-12H2,1-4H3. The Kier molecular flexibility index (Phi) is 9.49. The smallest absolute Gasteiger partial charge is 0.00924 e. The maximum atomic E-state index is 2.60. The maximum Gasteiger partial charge on any atom is 0.00924 e. The molecule has 0 aliphatic rings. The number of hydrogen-bond acceptors (Lipinski definition) is 1. The van der Waals surface area contributed by atoms with Gasteiger partial charge in [0.1, 0.15) is 0 Å². The molecule has 0 bridgehead atoms. The molecule has 0 aliphatic carbocycles. The van der Waals surface area contributed by atoms with Crippen molar-refractivity contribution in [3.8, 4) is 0 Å². The molecule has 0 heterocycles. The van der Waals surface area contributed by atoms with E-state index in [4.69, 9.17) is 0 Å². The predicted molar refractivity (Wildman–Crippen MR) is 65.8 cm³/mol. The summed E-state index contributed by atoms with van der Waals surface area (Å²) in [6.45, 7) is 11.6. The minimum absolute atomic E-state index is 0.835. The van der Waals surface area contributed by atoms with Gasteiger partial charge in [-0.1, -0.05) is 53.4 Å². The lowest BCUT2D eigenvalue weighted by Gasteiger charge is -2.28. The molecule has 0 N–H and O–H groups in total. The largest absolute Gasteiger partial charge is 0.301 e. The highest BCUT2D eigenvalue weighted by Gasteiger charge is 2.12. The summed E-state index contributed by atoms with van der Waals surface area (Å²) < 4.78 is 0. The summed E-state index contributed by atoms with van der Waals surface area (Å²) in [5.74, 6) is 0. The first-order chi connectivity index (χ1) is 6.79. The molecule has 0 aliphatic heterocycles. The number of unbranched alkanes of at least 4 members (excludes halogenated alkanes) is 3. The van der Waals surface area contributed by atoms with E-state index < -0.39 is 0 Å². The van der Waals surface area contributed by atoms with E-state index in [9.17, 15) is 0 Å². The van der Waals surface area contributed by atoms with Crippen LogP contribution in [0.1, 0.15) is 66.2 Å². The average molecular weight is 199 g/mol. The van der Waals surface area contributed by atoms with Gasteiger partial charge in [0.2, 0.25) is 0 Å². The number of nitrogens with zero attached hydrogens (tertiary/aromatic N) is 1. The van der Waals surface area contributed by atoms with Crippen LogP contribution in [0.3, 0.4) is 0 Å². The fourth-order valence-corrected chi connectivity index (χ4v) is 2.19. The van der Waals surface area contributed by atoms with Gasteiger partial charge in [-0.25, -0.2) is 0 Å². The van der Waals surface area contributed by atoms with E-state index in [2.05, 4.69) is 32.6 Å². The van der Waals surface area contributed by atoms with Crippen LogP contribution in [-0.2, 0) is 0 Å². The Labute approximate surface area is 90.9 Å². The minimum Gasteiger partial charge on any atom is -0.301 e. The Hall–Kier alpha value is -0.0400. The topological polar surface area (TPSA) is 3.24 Å². The van der Waals surface area contributed by atoms with E-state index in [-0.39, 0.29) is 0 Å². The fourth-order valence-electron chi connectivity index (χ4n) is 2.19. The van der Waals surface area contributed by atoms with Gasteiger partial charge in [0.15, 0.2) is 0 Å². The molecule has 0 spiro atoms. The van der Waals surface area contributed by atoms with Crippen LogP contribution in [0.4, 0.5) is 0 Å². The molecular weight excluding hydrogens is 170 g/mol. The zero-order valence-electron chi connectivity index (χ0n) is 10.7. The summed E-state index contributed by atoms with van der Waals surface area (Å²) in [7, 11) is 0. The Morgan fingerprint density at radius 1 is 0.857 bits per heavy atom. The molecule has 1 unspecified atom stereocenters. The molecule has 0 aromatic rings. The molecule has 1 heteroatoms. The minimum atomic E-state index is 0.835. The molecule has 0 saturated heterocycles. The van der Waals surface area contributed by atoms with Gasteiger partial charge in [0.05, 0.1) is 0 Å². The van der Waals surface area contributed by atoms with Crippen LogP contribution in [0.5, 0.6) is 0 Å². The van der Waals surface area contributed by atoms with Crippen molar-refractivity contribution in [3.05, 3.63) is 0 Å². The van der Waals surface area contributed by atoms with Crippen LogP contribution in [0.25, 0.3) is 0 Å². The van der Waals surface area contributed by atoms with Gasteiger partial charge in [-0.2, -0.15) is 0 Å². The van der Waals surface area contributed by atoms with Crippen LogP contribution in [0.15, 0.2) is 0 Å². The first-order valence-corrected chi connectivity index (χ1v) is 6.54. The van der Waals surface area contributed by atoms with Crippen molar-refractivity contribution in [1.29, 1.82) is 0 Å². The van der Waals surface area contributed by atoms with E-state index in [1.54, 1.807) is 0 Å². The molecule has 0 aromatic heterocycles. The quantitative estimate of drug-likeness (QED) is 0.506. The third kappa shape index (κ3) is 5.64. The highest BCUT2D eigenvalue weighted by atomic mass is 15.1. The number of rotatable bonds is 9. The van der Waals surface area contributed by atoms with Gasteiger partial charge in [-0.05, 0) is 25.9 Å².